The highest BCUT2D eigenvalue weighted by Crippen LogP contribution is 2.40. The van der Waals surface area contributed by atoms with E-state index in [0.29, 0.717) is 17.6 Å². The molecule has 0 heterocycles. The lowest BCUT2D eigenvalue weighted by molar-refractivity contribution is -0.383. The Labute approximate surface area is 98.8 Å². The fraction of sp³-hybridized carbons (Fsp3) is 0.455. The summed E-state index contributed by atoms with van der Waals surface area (Å²) in [5.41, 5.74) is 0.504. The molecule has 1 N–H and O–H groups in total. The average Bonchev–Trinajstić information content (AvgIpc) is 2.96. The highest BCUT2D eigenvalue weighted by Gasteiger charge is 2.36. The maximum atomic E-state index is 10.9. The fourth-order valence-electron chi connectivity index (χ4n) is 1.89. The predicted molar refractivity (Wildman–Crippen MR) is 63.9 cm³/mol. The van der Waals surface area contributed by atoms with Gasteiger partial charge in [-0.3, -0.25) is 10.1 Å². The first-order chi connectivity index (χ1) is 7.63. The first-order valence-electron chi connectivity index (χ1n) is 5.33. The van der Waals surface area contributed by atoms with Gasteiger partial charge in [-0.15, -0.1) is 0 Å². The van der Waals surface area contributed by atoms with Gasteiger partial charge in [0.25, 0.3) is 0 Å². The summed E-state index contributed by atoms with van der Waals surface area (Å²) in [7, 11) is 0. The molecule has 5 heteroatoms. The third-order valence-electron chi connectivity index (χ3n) is 2.96. The number of nitrogens with zero attached hydrogens (tertiary/aromatic N) is 1. The molecule has 86 valence electrons. The lowest BCUT2D eigenvalue weighted by atomic mass is 10.2. The summed E-state index contributed by atoms with van der Waals surface area (Å²) >= 11 is 5.82. The van der Waals surface area contributed by atoms with E-state index in [2.05, 4.69) is 12.2 Å². The van der Waals surface area contributed by atoms with Gasteiger partial charge in [-0.25, -0.2) is 0 Å². The second-order valence-corrected chi connectivity index (χ2v) is 4.46. The Bertz CT molecular complexity index is 422. The molecule has 0 aliphatic heterocycles. The van der Waals surface area contributed by atoms with Crippen LogP contribution in [0.2, 0.25) is 5.02 Å². The summed E-state index contributed by atoms with van der Waals surface area (Å²) in [6.07, 6.45) is 2.19. The van der Waals surface area contributed by atoms with Gasteiger partial charge in [0.1, 0.15) is 10.7 Å². The van der Waals surface area contributed by atoms with E-state index < -0.39 is 4.92 Å². The molecule has 2 rings (SSSR count). The summed E-state index contributed by atoms with van der Waals surface area (Å²) < 4.78 is 0. The fourth-order valence-corrected chi connectivity index (χ4v) is 2.14. The lowest BCUT2D eigenvalue weighted by Crippen LogP contribution is -2.06. The monoisotopic (exact) mass is 240 g/mol. The number of rotatable bonds is 4. The Morgan fingerprint density at radius 3 is 2.94 bits per heavy atom. The van der Waals surface area contributed by atoms with Crippen LogP contribution in [0.5, 0.6) is 0 Å². The van der Waals surface area contributed by atoms with Gasteiger partial charge in [-0.2, -0.15) is 0 Å². The smallest absolute Gasteiger partial charge is 0.310 e. The number of hydrogen-bond acceptors (Lipinski definition) is 3. The molecule has 1 aromatic rings. The molecular formula is C11H13ClN2O2. The molecule has 0 radical (unpaired) electrons. The summed E-state index contributed by atoms with van der Waals surface area (Å²) in [6, 6.07) is 5.33. The van der Waals surface area contributed by atoms with Crippen molar-refractivity contribution in [3.8, 4) is 0 Å². The van der Waals surface area contributed by atoms with Crippen LogP contribution in [0.15, 0.2) is 18.2 Å². The van der Waals surface area contributed by atoms with Gasteiger partial charge in [0, 0.05) is 6.04 Å². The van der Waals surface area contributed by atoms with Gasteiger partial charge in [-0.05, 0) is 24.5 Å². The quantitative estimate of drug-likeness (QED) is 0.648. The van der Waals surface area contributed by atoms with Crippen LogP contribution in [0.4, 0.5) is 11.4 Å². The van der Waals surface area contributed by atoms with Crippen molar-refractivity contribution in [3.05, 3.63) is 33.3 Å². The van der Waals surface area contributed by atoms with Crippen molar-refractivity contribution in [2.75, 3.05) is 5.32 Å². The van der Waals surface area contributed by atoms with E-state index in [9.17, 15) is 10.1 Å². The molecular weight excluding hydrogens is 228 g/mol. The lowest BCUT2D eigenvalue weighted by Gasteiger charge is -2.06. The third-order valence-corrected chi connectivity index (χ3v) is 3.26. The van der Waals surface area contributed by atoms with Crippen molar-refractivity contribution in [2.24, 2.45) is 5.92 Å². The Balaban J connectivity index is 2.20. The zero-order valence-corrected chi connectivity index (χ0v) is 9.70. The molecule has 16 heavy (non-hydrogen) atoms. The molecule has 0 bridgehead atoms. The molecule has 1 saturated carbocycles. The molecule has 1 aliphatic rings. The van der Waals surface area contributed by atoms with Crippen molar-refractivity contribution >= 4 is 23.0 Å². The van der Waals surface area contributed by atoms with Crippen LogP contribution in [0.3, 0.4) is 0 Å². The van der Waals surface area contributed by atoms with Gasteiger partial charge in [0.15, 0.2) is 0 Å². The second kappa shape index (κ2) is 4.29. The van der Waals surface area contributed by atoms with Crippen molar-refractivity contribution in [2.45, 2.75) is 25.8 Å². The number of para-hydroxylation sites is 1. The van der Waals surface area contributed by atoms with Gasteiger partial charge in [-0.1, -0.05) is 31.0 Å². The van der Waals surface area contributed by atoms with E-state index >= 15 is 0 Å². The molecule has 0 aromatic heterocycles. The minimum absolute atomic E-state index is 0.0223. The van der Waals surface area contributed by atoms with Gasteiger partial charge < -0.3 is 5.32 Å². The summed E-state index contributed by atoms with van der Waals surface area (Å²) in [6.45, 7) is 2.12. The van der Waals surface area contributed by atoms with Crippen LogP contribution < -0.4 is 5.32 Å². The van der Waals surface area contributed by atoms with Crippen molar-refractivity contribution in [1.82, 2.24) is 0 Å². The van der Waals surface area contributed by atoms with Crippen LogP contribution in [-0.2, 0) is 0 Å². The van der Waals surface area contributed by atoms with E-state index in [1.165, 1.54) is 6.07 Å². The first-order valence-corrected chi connectivity index (χ1v) is 5.70. The molecule has 0 spiro atoms. The normalized spacial score (nSPS) is 22.9. The van der Waals surface area contributed by atoms with Crippen LogP contribution in [0, 0.1) is 16.0 Å². The van der Waals surface area contributed by atoms with Gasteiger partial charge >= 0.3 is 5.69 Å². The molecule has 1 aromatic carbocycles. The number of anilines is 1. The predicted octanol–water partition coefficient (Wildman–Crippen LogP) is 3.46. The molecule has 0 saturated heterocycles. The van der Waals surface area contributed by atoms with Gasteiger partial charge in [0.2, 0.25) is 0 Å². The van der Waals surface area contributed by atoms with Crippen LogP contribution in [0.1, 0.15) is 19.8 Å². The molecule has 2 atom stereocenters. The van der Waals surface area contributed by atoms with Gasteiger partial charge in [0.05, 0.1) is 4.92 Å². The van der Waals surface area contributed by atoms with Crippen molar-refractivity contribution in [3.63, 3.8) is 0 Å². The average molecular weight is 241 g/mol. The SMILES string of the molecule is CCC1CC1Nc1cccc(Cl)c1[N+](=O)[O-]. The Morgan fingerprint density at radius 2 is 2.38 bits per heavy atom. The summed E-state index contributed by atoms with van der Waals surface area (Å²) in [4.78, 5) is 10.4. The zero-order valence-electron chi connectivity index (χ0n) is 8.94. The van der Waals surface area contributed by atoms with Crippen LogP contribution in [-0.4, -0.2) is 11.0 Å². The Morgan fingerprint density at radius 1 is 1.62 bits per heavy atom. The largest absolute Gasteiger partial charge is 0.376 e. The van der Waals surface area contributed by atoms with Crippen LogP contribution in [0.25, 0.3) is 0 Å². The number of nitro benzene ring substituents is 1. The zero-order chi connectivity index (χ0) is 11.7. The topological polar surface area (TPSA) is 55.2 Å². The first kappa shape index (κ1) is 11.2. The highest BCUT2D eigenvalue weighted by molar-refractivity contribution is 6.33. The number of nitro groups is 1. The van der Waals surface area contributed by atoms with Crippen LogP contribution >= 0.6 is 11.6 Å². The van der Waals surface area contributed by atoms with E-state index in [0.717, 1.165) is 12.8 Å². The highest BCUT2D eigenvalue weighted by atomic mass is 35.5. The third kappa shape index (κ3) is 2.11. The summed E-state index contributed by atoms with van der Waals surface area (Å²) in [5.74, 6) is 0.638. The summed E-state index contributed by atoms with van der Waals surface area (Å²) in [5, 5.41) is 14.2. The maximum absolute atomic E-state index is 10.9. The minimum Gasteiger partial charge on any atom is -0.376 e. The molecule has 1 aliphatic carbocycles. The molecule has 1 fully saturated rings. The number of benzene rings is 1. The van der Waals surface area contributed by atoms with E-state index in [1.807, 2.05) is 0 Å². The minimum atomic E-state index is -0.437. The van der Waals surface area contributed by atoms with Crippen molar-refractivity contribution in [1.29, 1.82) is 0 Å². The van der Waals surface area contributed by atoms with E-state index in [4.69, 9.17) is 11.6 Å². The Hall–Kier alpha value is -1.29. The van der Waals surface area contributed by atoms with Crippen molar-refractivity contribution < 1.29 is 4.92 Å². The number of nitrogens with one attached hydrogen (secondary N) is 1. The number of halogens is 1. The maximum Gasteiger partial charge on any atom is 0.310 e. The second-order valence-electron chi connectivity index (χ2n) is 4.05. The van der Waals surface area contributed by atoms with E-state index in [-0.39, 0.29) is 10.7 Å². The molecule has 4 nitrogen and oxygen atoms in total. The standard InChI is InChI=1S/C11H13ClN2O2/c1-2-7-6-10(7)13-9-5-3-4-8(12)11(9)14(15)16/h3-5,7,10,13H,2,6H2,1H3. The molecule has 0 amide bonds. The number of hydrogen-bond donors (Lipinski definition) is 1. The Kier molecular flexibility index (Phi) is 3.01. The molecule has 2 unspecified atom stereocenters. The van der Waals surface area contributed by atoms with E-state index in [1.54, 1.807) is 12.1 Å².